The van der Waals surface area contributed by atoms with E-state index in [1.54, 1.807) is 6.20 Å². The van der Waals surface area contributed by atoms with E-state index in [0.29, 0.717) is 25.0 Å². The van der Waals surface area contributed by atoms with E-state index in [4.69, 9.17) is 5.41 Å². The Labute approximate surface area is 202 Å². The van der Waals surface area contributed by atoms with E-state index in [1.165, 1.54) is 5.56 Å². The molecule has 1 aliphatic rings. The highest BCUT2D eigenvalue weighted by atomic mass is 16.1. The van der Waals surface area contributed by atoms with Crippen LogP contribution in [0.15, 0.2) is 66.9 Å². The van der Waals surface area contributed by atoms with Crippen LogP contribution >= 0.6 is 0 Å². The fraction of sp³-hybridized carbons (Fsp3) is 0.393. The lowest BCUT2D eigenvalue weighted by Gasteiger charge is -2.38. The number of nitrogens with one attached hydrogen (secondary N) is 3. The highest BCUT2D eigenvalue weighted by Gasteiger charge is 2.36. The molecule has 6 nitrogen and oxygen atoms in total. The van der Waals surface area contributed by atoms with Gasteiger partial charge in [0.15, 0.2) is 0 Å². The molecule has 4 rings (SSSR count). The fourth-order valence-corrected chi connectivity index (χ4v) is 4.75. The molecule has 0 spiro atoms. The predicted octanol–water partition coefficient (Wildman–Crippen LogP) is 5.76. The summed E-state index contributed by atoms with van der Waals surface area (Å²) in [7, 11) is 0. The van der Waals surface area contributed by atoms with Crippen LogP contribution in [0.3, 0.4) is 0 Å². The number of hydrogen-bond donors (Lipinski definition) is 3. The van der Waals surface area contributed by atoms with Crippen molar-refractivity contribution in [3.05, 3.63) is 83.6 Å². The summed E-state index contributed by atoms with van der Waals surface area (Å²) in [5, 5.41) is 20.1. The molecule has 3 aromatic rings. The third kappa shape index (κ3) is 5.06. The van der Waals surface area contributed by atoms with E-state index < -0.39 is 5.54 Å². The number of aromatic nitrogens is 2. The van der Waals surface area contributed by atoms with Crippen molar-refractivity contribution >= 4 is 17.4 Å². The smallest absolute Gasteiger partial charge is 0.220 e. The Balaban J connectivity index is 1.38. The van der Waals surface area contributed by atoms with Crippen LogP contribution in [0.25, 0.3) is 0 Å². The first-order valence-electron chi connectivity index (χ1n) is 12.0. The molecule has 0 aliphatic carbocycles. The van der Waals surface area contributed by atoms with Gasteiger partial charge in [-0.15, -0.1) is 0 Å². The van der Waals surface area contributed by atoms with Gasteiger partial charge in [-0.3, -0.25) is 4.79 Å². The van der Waals surface area contributed by atoms with E-state index in [9.17, 15) is 4.79 Å². The van der Waals surface area contributed by atoms with E-state index in [-0.39, 0.29) is 17.5 Å². The van der Waals surface area contributed by atoms with Crippen molar-refractivity contribution in [3.8, 4) is 0 Å². The molecule has 1 aliphatic heterocycles. The largest absolute Gasteiger partial charge is 0.363 e. The van der Waals surface area contributed by atoms with Gasteiger partial charge in [0.2, 0.25) is 5.91 Å². The Morgan fingerprint density at radius 1 is 1.12 bits per heavy atom. The second-order valence-electron chi connectivity index (χ2n) is 10.3. The number of nitrogens with zero attached hydrogens (tertiary/aromatic N) is 2. The fourth-order valence-electron chi connectivity index (χ4n) is 4.75. The summed E-state index contributed by atoms with van der Waals surface area (Å²) in [6.07, 6.45) is 4.23. The van der Waals surface area contributed by atoms with Crippen molar-refractivity contribution in [2.45, 2.75) is 70.5 Å². The molecule has 0 radical (unpaired) electrons. The van der Waals surface area contributed by atoms with Gasteiger partial charge in [-0.1, -0.05) is 60.7 Å². The van der Waals surface area contributed by atoms with Gasteiger partial charge in [-0.25, -0.2) is 4.68 Å². The Hall–Kier alpha value is -3.41. The van der Waals surface area contributed by atoms with Gasteiger partial charge in [0.05, 0.1) is 28.9 Å². The second kappa shape index (κ2) is 9.45. The molecule has 34 heavy (non-hydrogen) atoms. The van der Waals surface area contributed by atoms with Crippen LogP contribution in [0.1, 0.15) is 76.1 Å². The Bertz CT molecular complexity index is 1150. The molecule has 178 valence electrons. The topological polar surface area (TPSA) is 82.8 Å². The molecule has 0 saturated carbocycles. The maximum Gasteiger partial charge on any atom is 0.220 e. The quantitative estimate of drug-likeness (QED) is 0.376. The summed E-state index contributed by atoms with van der Waals surface area (Å²) >= 11 is 0. The maximum atomic E-state index is 12.6. The third-order valence-corrected chi connectivity index (χ3v) is 6.66. The van der Waals surface area contributed by atoms with Gasteiger partial charge in [-0.05, 0) is 58.1 Å². The van der Waals surface area contributed by atoms with Gasteiger partial charge in [0, 0.05) is 12.1 Å². The van der Waals surface area contributed by atoms with Gasteiger partial charge < -0.3 is 16.0 Å². The second-order valence-corrected chi connectivity index (χ2v) is 10.3. The normalized spacial score (nSPS) is 16.9. The first-order valence-corrected chi connectivity index (χ1v) is 12.0. The first kappa shape index (κ1) is 23.7. The summed E-state index contributed by atoms with van der Waals surface area (Å²) in [6, 6.07) is 20.6. The lowest BCUT2D eigenvalue weighted by molar-refractivity contribution is -0.122. The van der Waals surface area contributed by atoms with Crippen molar-refractivity contribution in [2.75, 3.05) is 5.32 Å². The molecule has 0 fully saturated rings. The maximum absolute atomic E-state index is 12.6. The number of fused-ring (bicyclic) bond motifs is 1. The Kier molecular flexibility index (Phi) is 6.60. The van der Waals surface area contributed by atoms with Crippen LogP contribution in [0.2, 0.25) is 0 Å². The van der Waals surface area contributed by atoms with Crippen LogP contribution in [0.4, 0.5) is 5.82 Å². The average Bonchev–Trinajstić information content (AvgIpc) is 3.25. The number of amides is 1. The summed E-state index contributed by atoms with van der Waals surface area (Å²) in [5.41, 5.74) is 3.04. The van der Waals surface area contributed by atoms with Crippen LogP contribution in [-0.2, 0) is 15.9 Å². The lowest BCUT2D eigenvalue weighted by Crippen LogP contribution is -2.40. The zero-order valence-corrected chi connectivity index (χ0v) is 20.6. The zero-order valence-electron chi connectivity index (χ0n) is 20.6. The minimum atomic E-state index is -0.431. The first-order chi connectivity index (χ1) is 16.2. The van der Waals surface area contributed by atoms with Crippen molar-refractivity contribution in [1.29, 1.82) is 5.41 Å². The molecule has 6 heteroatoms. The van der Waals surface area contributed by atoms with Crippen LogP contribution in [-0.4, -0.2) is 21.4 Å². The third-order valence-electron chi connectivity index (χ3n) is 6.66. The minimum absolute atomic E-state index is 0.00193. The van der Waals surface area contributed by atoms with Crippen molar-refractivity contribution in [2.24, 2.45) is 0 Å². The molecule has 2 aromatic carbocycles. The number of hydrogen-bond acceptors (Lipinski definition) is 4. The van der Waals surface area contributed by atoms with Gasteiger partial charge >= 0.3 is 0 Å². The molecular formula is C28H35N5O. The number of anilines is 1. The summed E-state index contributed by atoms with van der Waals surface area (Å²) in [4.78, 5) is 12.6. The number of rotatable bonds is 8. The highest BCUT2D eigenvalue weighted by Crippen LogP contribution is 2.40. The number of carbonyl (C=O) groups excluding carboxylic acids is 1. The Morgan fingerprint density at radius 2 is 1.76 bits per heavy atom. The van der Waals surface area contributed by atoms with E-state index >= 15 is 0 Å². The van der Waals surface area contributed by atoms with Crippen molar-refractivity contribution in [3.63, 3.8) is 0 Å². The van der Waals surface area contributed by atoms with Gasteiger partial charge in [0.25, 0.3) is 0 Å². The summed E-state index contributed by atoms with van der Waals surface area (Å²) < 4.78 is 2.01. The van der Waals surface area contributed by atoms with Gasteiger partial charge in [-0.2, -0.15) is 5.10 Å². The van der Waals surface area contributed by atoms with Crippen molar-refractivity contribution in [1.82, 2.24) is 15.1 Å². The molecule has 1 aromatic heterocycles. The molecule has 1 unspecified atom stereocenters. The summed E-state index contributed by atoms with van der Waals surface area (Å²) in [6.45, 7) is 8.40. The van der Waals surface area contributed by atoms with Crippen LogP contribution in [0, 0.1) is 5.41 Å². The SMILES string of the molecule is CC(C)(NC(=O)CCCC(=N)c1cnn2c1NC(c1ccccc1)CC2(C)C)c1ccccc1. The molecule has 0 bridgehead atoms. The molecule has 3 N–H and O–H groups in total. The summed E-state index contributed by atoms with van der Waals surface area (Å²) in [5.74, 6) is 0.895. The zero-order chi connectivity index (χ0) is 24.3. The number of carbonyl (C=O) groups is 1. The minimum Gasteiger partial charge on any atom is -0.363 e. The van der Waals surface area contributed by atoms with E-state index in [2.05, 4.69) is 53.8 Å². The molecule has 1 atom stereocenters. The van der Waals surface area contributed by atoms with E-state index in [0.717, 1.165) is 23.4 Å². The monoisotopic (exact) mass is 457 g/mol. The Morgan fingerprint density at radius 3 is 2.44 bits per heavy atom. The van der Waals surface area contributed by atoms with Gasteiger partial charge in [0.1, 0.15) is 5.82 Å². The molecule has 2 heterocycles. The highest BCUT2D eigenvalue weighted by molar-refractivity contribution is 6.02. The van der Waals surface area contributed by atoms with E-state index in [1.807, 2.05) is 54.9 Å². The molecule has 0 saturated heterocycles. The van der Waals surface area contributed by atoms with Crippen LogP contribution < -0.4 is 10.6 Å². The molecular weight excluding hydrogens is 422 g/mol. The molecule has 1 amide bonds. The standard InChI is InChI=1S/C28H35N5O/c1-27(2)18-24(20-12-7-5-8-13-20)31-26-22(19-30-33(26)27)23(29)16-11-17-25(34)32-28(3,4)21-14-9-6-10-15-21/h5-10,12-15,19,24,29,31H,11,16-18H2,1-4H3,(H,32,34). The average molecular weight is 458 g/mol. The predicted molar refractivity (Wildman–Crippen MR) is 137 cm³/mol. The lowest BCUT2D eigenvalue weighted by atomic mass is 9.88. The van der Waals surface area contributed by atoms with Crippen molar-refractivity contribution < 1.29 is 4.79 Å². The van der Waals surface area contributed by atoms with Crippen LogP contribution in [0.5, 0.6) is 0 Å². The number of benzene rings is 2.